The maximum Gasteiger partial charge on any atom is 0.260 e. The Balaban J connectivity index is 1.55. The van der Waals surface area contributed by atoms with Crippen LogP contribution in [0.15, 0.2) is 47.4 Å². The fourth-order valence-electron chi connectivity index (χ4n) is 2.74. The van der Waals surface area contributed by atoms with E-state index in [1.54, 1.807) is 0 Å². The largest absolute Gasteiger partial charge is 0.484 e. The number of benzene rings is 2. The molecule has 0 atom stereocenters. The van der Waals surface area contributed by atoms with Gasteiger partial charge < -0.3 is 9.64 Å². The Morgan fingerprint density at radius 2 is 1.68 bits per heavy atom. The fourth-order valence-corrected chi connectivity index (χ4v) is 4.46. The molecular formula is C18H17Cl2FN2O4S. The van der Waals surface area contributed by atoms with Crippen LogP contribution in [0.4, 0.5) is 4.39 Å². The molecule has 6 nitrogen and oxygen atoms in total. The van der Waals surface area contributed by atoms with Crippen LogP contribution < -0.4 is 4.74 Å². The highest BCUT2D eigenvalue weighted by molar-refractivity contribution is 7.89. The van der Waals surface area contributed by atoms with Crippen LogP contribution in [0.2, 0.25) is 10.0 Å². The fraction of sp³-hybridized carbons (Fsp3) is 0.278. The maximum absolute atomic E-state index is 13.1. The lowest BCUT2D eigenvalue weighted by Crippen LogP contribution is -2.51. The number of hydrogen-bond acceptors (Lipinski definition) is 4. The van der Waals surface area contributed by atoms with Gasteiger partial charge in [-0.25, -0.2) is 12.8 Å². The quantitative estimate of drug-likeness (QED) is 0.707. The van der Waals surface area contributed by atoms with Crippen molar-refractivity contribution in [1.82, 2.24) is 9.21 Å². The average Bonchev–Trinajstić information content (AvgIpc) is 2.69. The van der Waals surface area contributed by atoms with Gasteiger partial charge in [-0.3, -0.25) is 4.79 Å². The average molecular weight is 447 g/mol. The monoisotopic (exact) mass is 446 g/mol. The molecule has 0 unspecified atom stereocenters. The highest BCUT2D eigenvalue weighted by Crippen LogP contribution is 2.22. The molecular weight excluding hydrogens is 430 g/mol. The molecule has 150 valence electrons. The topological polar surface area (TPSA) is 66.9 Å². The molecule has 2 aromatic carbocycles. The summed E-state index contributed by atoms with van der Waals surface area (Å²) in [5.41, 5.74) is 0. The number of sulfonamides is 1. The van der Waals surface area contributed by atoms with Crippen LogP contribution in [-0.4, -0.2) is 56.3 Å². The van der Waals surface area contributed by atoms with Gasteiger partial charge in [0, 0.05) is 37.3 Å². The molecule has 1 amide bonds. The molecule has 1 aliphatic heterocycles. The number of ether oxygens (including phenoxy) is 1. The summed E-state index contributed by atoms with van der Waals surface area (Å²) in [4.78, 5) is 14.0. The second-order valence-corrected chi connectivity index (χ2v) is 8.88. The summed E-state index contributed by atoms with van der Waals surface area (Å²) in [5.74, 6) is -0.578. The Hall–Kier alpha value is -1.87. The minimum Gasteiger partial charge on any atom is -0.484 e. The van der Waals surface area contributed by atoms with Crippen molar-refractivity contribution in [3.8, 4) is 5.75 Å². The Morgan fingerprint density at radius 3 is 2.29 bits per heavy atom. The van der Waals surface area contributed by atoms with Crippen molar-refractivity contribution >= 4 is 39.1 Å². The molecule has 1 aliphatic rings. The van der Waals surface area contributed by atoms with E-state index in [9.17, 15) is 17.6 Å². The summed E-state index contributed by atoms with van der Waals surface area (Å²) in [6.45, 7) is 0.614. The lowest BCUT2D eigenvalue weighted by molar-refractivity contribution is -0.134. The molecule has 1 saturated heterocycles. The summed E-state index contributed by atoms with van der Waals surface area (Å²) < 4.78 is 45.1. The summed E-state index contributed by atoms with van der Waals surface area (Å²) in [6.07, 6.45) is 0. The van der Waals surface area contributed by atoms with Gasteiger partial charge >= 0.3 is 0 Å². The van der Waals surface area contributed by atoms with Crippen molar-refractivity contribution < 1.29 is 22.3 Å². The van der Waals surface area contributed by atoms with Gasteiger partial charge in [0.25, 0.3) is 5.91 Å². The van der Waals surface area contributed by atoms with Crippen molar-refractivity contribution in [1.29, 1.82) is 0 Å². The summed E-state index contributed by atoms with van der Waals surface area (Å²) >= 11 is 11.5. The number of amides is 1. The molecule has 10 heteroatoms. The molecule has 0 saturated carbocycles. The number of nitrogens with zero attached hydrogens (tertiary/aromatic N) is 2. The van der Waals surface area contributed by atoms with Gasteiger partial charge in [-0.05, 0) is 36.4 Å². The number of piperazine rings is 1. The first-order valence-corrected chi connectivity index (χ1v) is 10.6. The molecule has 3 rings (SSSR count). The first-order valence-electron chi connectivity index (χ1n) is 8.39. The second-order valence-electron chi connectivity index (χ2n) is 6.10. The predicted molar refractivity (Wildman–Crippen MR) is 104 cm³/mol. The van der Waals surface area contributed by atoms with E-state index in [4.69, 9.17) is 27.9 Å². The maximum atomic E-state index is 13.1. The summed E-state index contributed by atoms with van der Waals surface area (Å²) in [6, 6.07) is 9.78. The highest BCUT2D eigenvalue weighted by Gasteiger charge is 2.30. The molecule has 0 radical (unpaired) electrons. The van der Waals surface area contributed by atoms with Gasteiger partial charge in [-0.15, -0.1) is 0 Å². The van der Waals surface area contributed by atoms with Crippen LogP contribution in [0.5, 0.6) is 5.75 Å². The third-order valence-electron chi connectivity index (χ3n) is 4.30. The van der Waals surface area contributed by atoms with E-state index in [0.717, 1.165) is 6.07 Å². The molecule has 0 N–H and O–H groups in total. The first-order chi connectivity index (χ1) is 13.3. The normalized spacial score (nSPS) is 15.5. The smallest absolute Gasteiger partial charge is 0.260 e. The van der Waals surface area contributed by atoms with Crippen molar-refractivity contribution in [2.45, 2.75) is 4.90 Å². The van der Waals surface area contributed by atoms with E-state index < -0.39 is 15.8 Å². The minimum absolute atomic E-state index is 0.0917. The molecule has 1 heterocycles. The predicted octanol–water partition coefficient (Wildman–Crippen LogP) is 3.04. The van der Waals surface area contributed by atoms with Crippen LogP contribution in [0, 0.1) is 5.82 Å². The third kappa shape index (κ3) is 4.75. The molecule has 1 fully saturated rings. The molecule has 0 bridgehead atoms. The molecule has 0 aliphatic carbocycles. The Morgan fingerprint density at radius 1 is 1.04 bits per heavy atom. The van der Waals surface area contributed by atoms with E-state index in [0.29, 0.717) is 5.02 Å². The molecule has 0 spiro atoms. The third-order valence-corrected chi connectivity index (χ3v) is 6.75. The van der Waals surface area contributed by atoms with Crippen molar-refractivity contribution in [2.75, 3.05) is 32.8 Å². The van der Waals surface area contributed by atoms with Gasteiger partial charge in [0.15, 0.2) is 6.61 Å². The van der Waals surface area contributed by atoms with E-state index >= 15 is 0 Å². The number of carbonyl (C=O) groups excluding carboxylic acids is 1. The number of carbonyl (C=O) groups is 1. The Bertz CT molecular complexity index is 962. The van der Waals surface area contributed by atoms with Crippen LogP contribution >= 0.6 is 23.2 Å². The molecule has 28 heavy (non-hydrogen) atoms. The lowest BCUT2D eigenvalue weighted by Gasteiger charge is -2.34. The Kier molecular flexibility index (Phi) is 6.44. The van der Waals surface area contributed by atoms with Gasteiger partial charge in [-0.1, -0.05) is 23.2 Å². The molecule has 2 aromatic rings. The summed E-state index contributed by atoms with van der Waals surface area (Å²) in [7, 11) is -3.64. The van der Waals surface area contributed by atoms with Crippen molar-refractivity contribution in [2.24, 2.45) is 0 Å². The van der Waals surface area contributed by atoms with E-state index in [1.807, 2.05) is 0 Å². The SMILES string of the molecule is O=C(COc1ccc(F)c(Cl)c1)N1CCN(S(=O)(=O)c2ccc(Cl)cc2)CC1. The van der Waals surface area contributed by atoms with Gasteiger partial charge in [-0.2, -0.15) is 4.31 Å². The summed E-state index contributed by atoms with van der Waals surface area (Å²) in [5, 5.41) is 0.364. The van der Waals surface area contributed by atoms with E-state index in [-0.39, 0.29) is 54.4 Å². The van der Waals surface area contributed by atoms with Crippen LogP contribution in [0.25, 0.3) is 0 Å². The zero-order valence-corrected chi connectivity index (χ0v) is 17.0. The molecule has 0 aromatic heterocycles. The zero-order valence-electron chi connectivity index (χ0n) is 14.6. The van der Waals surface area contributed by atoms with Crippen LogP contribution in [-0.2, 0) is 14.8 Å². The van der Waals surface area contributed by atoms with E-state index in [2.05, 4.69) is 0 Å². The standard InChI is InChI=1S/C18H17Cl2FN2O4S/c19-13-1-4-15(5-2-13)28(25,26)23-9-7-22(8-10-23)18(24)12-27-14-3-6-17(21)16(20)11-14/h1-6,11H,7-10,12H2. The van der Waals surface area contributed by atoms with Crippen LogP contribution in [0.3, 0.4) is 0 Å². The highest BCUT2D eigenvalue weighted by atomic mass is 35.5. The number of hydrogen-bond donors (Lipinski definition) is 0. The second kappa shape index (κ2) is 8.65. The van der Waals surface area contributed by atoms with Crippen molar-refractivity contribution in [3.05, 3.63) is 58.3 Å². The minimum atomic E-state index is -3.64. The Labute approximate surface area is 172 Å². The van der Waals surface area contributed by atoms with Gasteiger partial charge in [0.1, 0.15) is 11.6 Å². The van der Waals surface area contributed by atoms with Gasteiger partial charge in [0.05, 0.1) is 9.92 Å². The number of halogens is 3. The zero-order chi connectivity index (χ0) is 20.3. The van der Waals surface area contributed by atoms with Gasteiger partial charge in [0.2, 0.25) is 10.0 Å². The number of rotatable bonds is 5. The lowest BCUT2D eigenvalue weighted by atomic mass is 10.3. The first kappa shape index (κ1) is 20.9. The van der Waals surface area contributed by atoms with Crippen molar-refractivity contribution in [3.63, 3.8) is 0 Å². The van der Waals surface area contributed by atoms with E-state index in [1.165, 1.54) is 45.6 Å². The van der Waals surface area contributed by atoms with Crippen LogP contribution in [0.1, 0.15) is 0 Å².